The van der Waals surface area contributed by atoms with Crippen molar-refractivity contribution < 1.29 is 9.53 Å². The highest BCUT2D eigenvalue weighted by atomic mass is 16.5. The molecule has 5 aromatic rings. The lowest BCUT2D eigenvalue weighted by Crippen LogP contribution is -2.23. The Kier molecular flexibility index (Phi) is 6.99. The van der Waals surface area contributed by atoms with Crippen molar-refractivity contribution in [3.63, 3.8) is 0 Å². The van der Waals surface area contributed by atoms with Gasteiger partial charge in [0, 0.05) is 17.5 Å². The van der Waals surface area contributed by atoms with Gasteiger partial charge in [-0.25, -0.2) is 9.67 Å². The van der Waals surface area contributed by atoms with Gasteiger partial charge < -0.3 is 10.1 Å². The molecule has 0 bridgehead atoms. The van der Waals surface area contributed by atoms with E-state index in [0.717, 1.165) is 51.3 Å². The lowest BCUT2D eigenvalue weighted by molar-refractivity contribution is 0.0952. The van der Waals surface area contributed by atoms with Crippen LogP contribution in [0.2, 0.25) is 0 Å². The Morgan fingerprint density at radius 2 is 1.68 bits per heavy atom. The zero-order chi connectivity index (χ0) is 25.8. The van der Waals surface area contributed by atoms with Crippen molar-refractivity contribution in [3.05, 3.63) is 107 Å². The quantitative estimate of drug-likeness (QED) is 0.278. The molecule has 2 heterocycles. The number of carbonyl (C=O) groups excluding carboxylic acids is 1. The maximum Gasteiger partial charge on any atom is 0.252 e. The number of ether oxygens (including phenoxy) is 1. The summed E-state index contributed by atoms with van der Waals surface area (Å²) < 4.78 is 7.42. The maximum absolute atomic E-state index is 13.4. The van der Waals surface area contributed by atoms with Crippen LogP contribution < -0.4 is 10.1 Å². The topological polar surface area (TPSA) is 69.0 Å². The lowest BCUT2D eigenvalue weighted by Gasteiger charge is -2.11. The Hall–Kier alpha value is -4.45. The molecule has 1 amide bonds. The van der Waals surface area contributed by atoms with Gasteiger partial charge in [0.1, 0.15) is 5.75 Å². The van der Waals surface area contributed by atoms with Crippen LogP contribution >= 0.6 is 0 Å². The molecule has 0 unspecified atom stereocenters. The fraction of sp³-hybridized carbons (Fsp3) is 0.194. The highest BCUT2D eigenvalue weighted by molar-refractivity contribution is 6.07. The van der Waals surface area contributed by atoms with Crippen LogP contribution in [0.15, 0.2) is 85.1 Å². The number of benzene rings is 3. The van der Waals surface area contributed by atoms with Crippen molar-refractivity contribution in [2.24, 2.45) is 0 Å². The first kappa shape index (κ1) is 24.3. The van der Waals surface area contributed by atoms with Gasteiger partial charge in [0.2, 0.25) is 0 Å². The van der Waals surface area contributed by atoms with Crippen molar-refractivity contribution >= 4 is 16.8 Å². The first-order chi connectivity index (χ1) is 18.1. The monoisotopic (exact) mass is 490 g/mol. The predicted molar refractivity (Wildman–Crippen MR) is 147 cm³/mol. The van der Waals surface area contributed by atoms with Crippen molar-refractivity contribution in [1.29, 1.82) is 0 Å². The van der Waals surface area contributed by atoms with Gasteiger partial charge in [-0.05, 0) is 67.8 Å². The number of para-hydroxylation sites is 1. The second-order valence-electron chi connectivity index (χ2n) is 8.91. The first-order valence-electron chi connectivity index (χ1n) is 12.6. The summed E-state index contributed by atoms with van der Waals surface area (Å²) in [5.74, 6) is 0.675. The highest BCUT2D eigenvalue weighted by Gasteiger charge is 2.17. The molecule has 5 rings (SSSR count). The van der Waals surface area contributed by atoms with Gasteiger partial charge in [0.15, 0.2) is 0 Å². The number of amides is 1. The van der Waals surface area contributed by atoms with Gasteiger partial charge in [-0.3, -0.25) is 4.79 Å². The Morgan fingerprint density at radius 3 is 2.41 bits per heavy atom. The summed E-state index contributed by atoms with van der Waals surface area (Å²) in [7, 11) is 0. The van der Waals surface area contributed by atoms with Crippen LogP contribution in [0.4, 0.5) is 0 Å². The number of nitrogens with zero attached hydrogens (tertiary/aromatic N) is 3. The van der Waals surface area contributed by atoms with Gasteiger partial charge in [0.25, 0.3) is 5.91 Å². The van der Waals surface area contributed by atoms with Gasteiger partial charge in [-0.15, -0.1) is 0 Å². The normalized spacial score (nSPS) is 11.0. The van der Waals surface area contributed by atoms with Gasteiger partial charge >= 0.3 is 0 Å². The minimum atomic E-state index is -0.145. The van der Waals surface area contributed by atoms with Crippen LogP contribution in [0.5, 0.6) is 5.75 Å². The molecule has 6 nitrogen and oxygen atoms in total. The second kappa shape index (κ2) is 10.7. The molecule has 0 saturated heterocycles. The van der Waals surface area contributed by atoms with Crippen LogP contribution in [-0.2, 0) is 13.0 Å². The van der Waals surface area contributed by atoms with Crippen LogP contribution in [0.3, 0.4) is 0 Å². The average Bonchev–Trinajstić information content (AvgIpc) is 3.33. The molecule has 6 heteroatoms. The number of pyridine rings is 1. The fourth-order valence-electron chi connectivity index (χ4n) is 4.44. The molecule has 0 aliphatic carbocycles. The van der Waals surface area contributed by atoms with Crippen molar-refractivity contribution in [3.8, 4) is 22.7 Å². The molecular weight excluding hydrogens is 460 g/mol. The summed E-state index contributed by atoms with van der Waals surface area (Å²) in [5.41, 5.74) is 7.22. The molecular formula is C31H30N4O2. The van der Waals surface area contributed by atoms with E-state index in [0.29, 0.717) is 18.7 Å². The Labute approximate surface area is 216 Å². The van der Waals surface area contributed by atoms with Gasteiger partial charge in [-0.2, -0.15) is 5.10 Å². The third kappa shape index (κ3) is 5.09. The van der Waals surface area contributed by atoms with E-state index in [-0.39, 0.29) is 5.91 Å². The van der Waals surface area contributed by atoms with E-state index in [1.165, 1.54) is 5.56 Å². The van der Waals surface area contributed by atoms with E-state index >= 15 is 0 Å². The number of hydrogen-bond donors (Lipinski definition) is 1. The second-order valence-corrected chi connectivity index (χ2v) is 8.91. The van der Waals surface area contributed by atoms with Gasteiger partial charge in [-0.1, -0.05) is 49.4 Å². The average molecular weight is 491 g/mol. The molecule has 0 spiro atoms. The van der Waals surface area contributed by atoms with E-state index in [1.807, 2.05) is 79.3 Å². The van der Waals surface area contributed by atoms with Crippen LogP contribution in [0.25, 0.3) is 27.8 Å². The van der Waals surface area contributed by atoms with E-state index in [2.05, 4.69) is 41.6 Å². The molecule has 0 aliphatic rings. The Morgan fingerprint density at radius 1 is 0.946 bits per heavy atom. The van der Waals surface area contributed by atoms with E-state index in [4.69, 9.17) is 9.72 Å². The molecule has 0 radical (unpaired) electrons. The standard InChI is InChI=1S/C31H30N4O2/c1-4-22-10-14-24(15-11-22)35-21(3)28(20-33-35)30-18-27(26-8-6-7-9-29(26)34-30)31(36)32-19-23-12-16-25(17-13-23)37-5-2/h6-18,20H,4-5,19H2,1-3H3,(H,32,36). The number of aryl methyl sites for hydroxylation is 1. The summed E-state index contributed by atoms with van der Waals surface area (Å²) in [6, 6.07) is 25.8. The third-order valence-corrected chi connectivity index (χ3v) is 6.52. The summed E-state index contributed by atoms with van der Waals surface area (Å²) in [5, 5.41) is 8.52. The van der Waals surface area contributed by atoms with Crippen LogP contribution in [0.1, 0.15) is 41.0 Å². The highest BCUT2D eigenvalue weighted by Crippen LogP contribution is 2.28. The summed E-state index contributed by atoms with van der Waals surface area (Å²) >= 11 is 0. The smallest absolute Gasteiger partial charge is 0.252 e. The Balaban J connectivity index is 1.45. The number of nitrogens with one attached hydrogen (secondary N) is 1. The molecule has 0 aliphatic heterocycles. The number of hydrogen-bond acceptors (Lipinski definition) is 4. The van der Waals surface area contributed by atoms with Crippen LogP contribution in [-0.4, -0.2) is 27.3 Å². The van der Waals surface area contributed by atoms with Crippen molar-refractivity contribution in [2.75, 3.05) is 6.61 Å². The molecule has 0 atom stereocenters. The fourth-order valence-corrected chi connectivity index (χ4v) is 4.44. The third-order valence-electron chi connectivity index (χ3n) is 6.52. The minimum absolute atomic E-state index is 0.145. The largest absolute Gasteiger partial charge is 0.494 e. The molecule has 186 valence electrons. The van der Waals surface area contributed by atoms with E-state index in [1.54, 1.807) is 0 Å². The molecule has 0 fully saturated rings. The zero-order valence-corrected chi connectivity index (χ0v) is 21.4. The van der Waals surface area contributed by atoms with E-state index in [9.17, 15) is 4.79 Å². The molecule has 2 aromatic heterocycles. The predicted octanol–water partition coefficient (Wildman–Crippen LogP) is 6.29. The number of carbonyl (C=O) groups is 1. The van der Waals surface area contributed by atoms with Crippen molar-refractivity contribution in [1.82, 2.24) is 20.1 Å². The number of rotatable bonds is 8. The first-order valence-corrected chi connectivity index (χ1v) is 12.6. The van der Waals surface area contributed by atoms with E-state index < -0.39 is 0 Å². The van der Waals surface area contributed by atoms with Crippen LogP contribution in [0, 0.1) is 6.92 Å². The minimum Gasteiger partial charge on any atom is -0.494 e. The summed E-state index contributed by atoms with van der Waals surface area (Å²) in [6.07, 6.45) is 2.82. The van der Waals surface area contributed by atoms with Gasteiger partial charge in [0.05, 0.1) is 41.0 Å². The molecule has 37 heavy (non-hydrogen) atoms. The van der Waals surface area contributed by atoms with Crippen molar-refractivity contribution in [2.45, 2.75) is 33.7 Å². The summed E-state index contributed by atoms with van der Waals surface area (Å²) in [6.45, 7) is 7.17. The molecule has 0 saturated carbocycles. The molecule has 1 N–H and O–H groups in total. The zero-order valence-electron chi connectivity index (χ0n) is 21.4. The number of aromatic nitrogens is 3. The molecule has 3 aromatic carbocycles. The Bertz CT molecular complexity index is 1540. The lowest BCUT2D eigenvalue weighted by atomic mass is 10.0. The number of fused-ring (bicyclic) bond motifs is 1. The summed E-state index contributed by atoms with van der Waals surface area (Å²) in [4.78, 5) is 18.3. The SMILES string of the molecule is CCOc1ccc(CNC(=O)c2cc(-c3cnn(-c4ccc(CC)cc4)c3C)nc3ccccc23)cc1. The maximum atomic E-state index is 13.4.